The Bertz CT molecular complexity index is 147. The number of hydrogen-bond donors (Lipinski definition) is 1. The SMILES string of the molecule is Cc1cc[nH][c]1[Ir+2].[Br-].[Br-]. The van der Waals surface area contributed by atoms with E-state index in [0.717, 1.165) is 0 Å². The molecule has 54 valence electrons. The summed E-state index contributed by atoms with van der Waals surface area (Å²) in [4.78, 5) is 3.07. The molecule has 9 heavy (non-hydrogen) atoms. The minimum atomic E-state index is 0. The molecule has 0 saturated carbocycles. The van der Waals surface area contributed by atoms with Crippen LogP contribution in [0.3, 0.4) is 0 Å². The van der Waals surface area contributed by atoms with Gasteiger partial charge in [-0.05, 0) is 0 Å². The zero-order valence-corrected chi connectivity index (χ0v) is 10.3. The molecule has 0 amide bonds. The summed E-state index contributed by atoms with van der Waals surface area (Å²) < 4.78 is 1.26. The zero-order valence-electron chi connectivity index (χ0n) is 4.74. The number of aromatic amines is 1. The normalized spacial score (nSPS) is 7.33. The fourth-order valence-electron chi connectivity index (χ4n) is 0.419. The Morgan fingerprint density at radius 3 is 2.11 bits per heavy atom. The van der Waals surface area contributed by atoms with E-state index in [9.17, 15) is 0 Å². The summed E-state index contributed by atoms with van der Waals surface area (Å²) in [6.07, 6.45) is 1.95. The van der Waals surface area contributed by atoms with Gasteiger partial charge in [-0.25, -0.2) is 0 Å². The topological polar surface area (TPSA) is 15.8 Å². The molecule has 4 heteroatoms. The van der Waals surface area contributed by atoms with E-state index in [2.05, 4.69) is 36.9 Å². The number of halogens is 2. The molecule has 0 spiro atoms. The fraction of sp³-hybridized carbons (Fsp3) is 0.200. The molecule has 1 N–H and O–H groups in total. The first-order valence-electron chi connectivity index (χ1n) is 2.08. The van der Waals surface area contributed by atoms with Crippen molar-refractivity contribution in [2.45, 2.75) is 6.92 Å². The van der Waals surface area contributed by atoms with Crippen LogP contribution in [0.1, 0.15) is 5.56 Å². The molecule has 0 fully saturated rings. The van der Waals surface area contributed by atoms with Crippen molar-refractivity contribution in [3.63, 3.8) is 0 Å². The van der Waals surface area contributed by atoms with Crippen LogP contribution in [0.15, 0.2) is 12.3 Å². The minimum Gasteiger partial charge on any atom is -1.00 e. The van der Waals surface area contributed by atoms with Gasteiger partial charge in [0.25, 0.3) is 0 Å². The molecule has 0 bridgehead atoms. The van der Waals surface area contributed by atoms with Gasteiger partial charge in [-0.15, -0.1) is 0 Å². The van der Waals surface area contributed by atoms with E-state index >= 15 is 0 Å². The van der Waals surface area contributed by atoms with Crippen molar-refractivity contribution >= 4 is 4.21 Å². The Labute approximate surface area is 86.3 Å². The summed E-state index contributed by atoms with van der Waals surface area (Å²) in [5.41, 5.74) is 1.33. The van der Waals surface area contributed by atoms with Crippen LogP contribution >= 0.6 is 0 Å². The van der Waals surface area contributed by atoms with Crippen molar-refractivity contribution in [1.82, 2.24) is 4.98 Å². The van der Waals surface area contributed by atoms with Crippen molar-refractivity contribution in [1.29, 1.82) is 0 Å². The molecular formula is C5H6Br2IrN. The van der Waals surface area contributed by atoms with Crippen LogP contribution in [0.4, 0.5) is 0 Å². The van der Waals surface area contributed by atoms with Gasteiger partial charge in [0.05, 0.1) is 0 Å². The fourth-order valence-corrected chi connectivity index (χ4v) is 0.819. The standard InChI is InChI=1S/C5H6N.2BrH.Ir/c1-5-2-3-6-4-5;;;/h2-3,6H,1H3;2*1H;/q;;;+2/p-2. The van der Waals surface area contributed by atoms with E-state index in [4.69, 9.17) is 0 Å². The summed E-state index contributed by atoms with van der Waals surface area (Å²) >= 11 is 2.06. The average Bonchev–Trinajstić information content (AvgIpc) is 1.91. The quantitative estimate of drug-likeness (QED) is 0.422. The second kappa shape index (κ2) is 5.66. The third-order valence-electron chi connectivity index (χ3n) is 0.866. The summed E-state index contributed by atoms with van der Waals surface area (Å²) in [6.45, 7) is 2.09. The van der Waals surface area contributed by atoms with Crippen molar-refractivity contribution < 1.29 is 52.9 Å². The Hall–Kier alpha value is 0.889. The summed E-state index contributed by atoms with van der Waals surface area (Å²) in [6, 6.07) is 2.06. The van der Waals surface area contributed by atoms with Crippen LogP contribution in [0.2, 0.25) is 0 Å². The zero-order chi connectivity index (χ0) is 5.28. The number of aryl methyl sites for hydroxylation is 1. The van der Waals surface area contributed by atoms with Crippen LogP contribution in [-0.2, 0) is 18.9 Å². The van der Waals surface area contributed by atoms with Gasteiger partial charge in [-0.1, -0.05) is 0 Å². The van der Waals surface area contributed by atoms with Gasteiger partial charge in [0, 0.05) is 0 Å². The smallest absolute Gasteiger partial charge is 1.00 e. The second-order valence-electron chi connectivity index (χ2n) is 1.45. The molecule has 1 aromatic heterocycles. The van der Waals surface area contributed by atoms with Gasteiger partial charge >= 0.3 is 52.8 Å². The van der Waals surface area contributed by atoms with Crippen LogP contribution in [0.25, 0.3) is 0 Å². The summed E-state index contributed by atoms with van der Waals surface area (Å²) in [7, 11) is 0. The first kappa shape index (κ1) is 12.6. The Morgan fingerprint density at radius 1 is 1.44 bits per heavy atom. The molecular weight excluding hydrogens is 426 g/mol. The van der Waals surface area contributed by atoms with Crippen molar-refractivity contribution in [2.24, 2.45) is 0 Å². The van der Waals surface area contributed by atoms with Crippen LogP contribution in [0.5, 0.6) is 0 Å². The van der Waals surface area contributed by atoms with E-state index in [-0.39, 0.29) is 34.0 Å². The molecule has 0 saturated heterocycles. The number of nitrogens with one attached hydrogen (secondary N) is 1. The number of rotatable bonds is 0. The average molecular weight is 432 g/mol. The first-order chi connectivity index (χ1) is 3.30. The molecule has 0 aliphatic rings. The van der Waals surface area contributed by atoms with E-state index in [1.807, 2.05) is 6.20 Å². The maximum absolute atomic E-state index is 3.07. The number of hydrogen-bond acceptors (Lipinski definition) is 0. The Morgan fingerprint density at radius 2 is 2.00 bits per heavy atom. The third kappa shape index (κ3) is 3.56. The molecule has 0 unspecified atom stereocenters. The largest absolute Gasteiger partial charge is 1.00 e. The third-order valence-corrected chi connectivity index (χ3v) is 2.16. The molecule has 0 aliphatic heterocycles. The Balaban J connectivity index is 0. The van der Waals surface area contributed by atoms with E-state index < -0.39 is 0 Å². The van der Waals surface area contributed by atoms with E-state index in [0.29, 0.717) is 0 Å². The van der Waals surface area contributed by atoms with Gasteiger partial charge in [-0.2, -0.15) is 0 Å². The van der Waals surface area contributed by atoms with Gasteiger partial charge in [0.2, 0.25) is 0 Å². The molecule has 1 nitrogen and oxygen atoms in total. The minimum absolute atomic E-state index is 0. The Kier molecular flexibility index (Phi) is 7.89. The van der Waals surface area contributed by atoms with Gasteiger partial charge < -0.3 is 34.0 Å². The molecule has 0 radical (unpaired) electrons. The maximum atomic E-state index is 3.07. The molecule has 0 atom stereocenters. The van der Waals surface area contributed by atoms with Crippen molar-refractivity contribution in [2.75, 3.05) is 0 Å². The van der Waals surface area contributed by atoms with Gasteiger partial charge in [0.1, 0.15) is 0 Å². The molecule has 1 rings (SSSR count). The summed E-state index contributed by atoms with van der Waals surface area (Å²) in [5, 5.41) is 0. The van der Waals surface area contributed by atoms with Crippen LogP contribution in [0, 0.1) is 6.92 Å². The number of aromatic nitrogens is 1. The van der Waals surface area contributed by atoms with Crippen molar-refractivity contribution in [3.8, 4) is 0 Å². The van der Waals surface area contributed by atoms with Crippen LogP contribution < -0.4 is 38.2 Å². The van der Waals surface area contributed by atoms with E-state index in [1.165, 1.54) is 9.77 Å². The van der Waals surface area contributed by atoms with Gasteiger partial charge in [0.15, 0.2) is 0 Å². The van der Waals surface area contributed by atoms with Gasteiger partial charge in [-0.3, -0.25) is 0 Å². The van der Waals surface area contributed by atoms with E-state index in [1.54, 1.807) is 0 Å². The molecule has 0 aliphatic carbocycles. The summed E-state index contributed by atoms with van der Waals surface area (Å²) in [5.74, 6) is 0. The van der Waals surface area contributed by atoms with Crippen molar-refractivity contribution in [3.05, 3.63) is 17.8 Å². The predicted molar refractivity (Wildman–Crippen MR) is 25.2 cm³/mol. The molecule has 0 aromatic carbocycles. The number of H-pyrrole nitrogens is 1. The monoisotopic (exact) mass is 431 g/mol. The molecule has 1 aromatic rings. The molecule has 1 heterocycles. The predicted octanol–water partition coefficient (Wildman–Crippen LogP) is -5.50. The first-order valence-corrected chi connectivity index (χ1v) is 3.27. The van der Waals surface area contributed by atoms with Crippen LogP contribution in [-0.4, -0.2) is 4.98 Å². The second-order valence-corrected chi connectivity index (χ2v) is 2.65. The maximum Gasteiger partial charge on any atom is -1.00 e.